The summed E-state index contributed by atoms with van der Waals surface area (Å²) in [6, 6.07) is 3.63. The Morgan fingerprint density at radius 2 is 2.19 bits per heavy atom. The minimum atomic E-state index is -0.0478. The fourth-order valence-corrected chi connectivity index (χ4v) is 2.00. The molecular weight excluding hydrogens is 266 g/mol. The molecule has 1 amide bonds. The number of hydrogen-bond donors (Lipinski definition) is 1. The normalized spacial score (nSPS) is 10.4. The first-order valence-corrected chi connectivity index (χ1v) is 7.03. The van der Waals surface area contributed by atoms with Gasteiger partial charge in [0.15, 0.2) is 0 Å². The van der Waals surface area contributed by atoms with Gasteiger partial charge in [-0.1, -0.05) is 6.92 Å². The van der Waals surface area contributed by atoms with Crippen molar-refractivity contribution in [3.8, 4) is 0 Å². The highest BCUT2D eigenvalue weighted by Gasteiger charge is 2.13. The summed E-state index contributed by atoms with van der Waals surface area (Å²) in [6.45, 7) is 3.50. The number of aromatic nitrogens is 3. The Balaban J connectivity index is 1.98. The van der Waals surface area contributed by atoms with Crippen molar-refractivity contribution in [1.82, 2.24) is 19.7 Å². The Labute approximate surface area is 124 Å². The van der Waals surface area contributed by atoms with Crippen LogP contribution < -0.4 is 5.32 Å². The van der Waals surface area contributed by atoms with Crippen LogP contribution in [0.1, 0.15) is 29.3 Å². The van der Waals surface area contributed by atoms with Crippen LogP contribution in [0.15, 0.2) is 30.7 Å². The number of nitrogens with one attached hydrogen (secondary N) is 1. The van der Waals surface area contributed by atoms with E-state index in [1.165, 1.54) is 0 Å². The molecule has 0 aliphatic heterocycles. The van der Waals surface area contributed by atoms with Crippen LogP contribution in [0.5, 0.6) is 0 Å². The molecule has 6 nitrogen and oxygen atoms in total. The van der Waals surface area contributed by atoms with E-state index in [1.54, 1.807) is 35.1 Å². The van der Waals surface area contributed by atoms with E-state index in [2.05, 4.69) is 22.3 Å². The van der Waals surface area contributed by atoms with E-state index in [0.29, 0.717) is 12.1 Å². The first kappa shape index (κ1) is 15.0. The number of hydrogen-bond acceptors (Lipinski definition) is 4. The summed E-state index contributed by atoms with van der Waals surface area (Å²) in [4.78, 5) is 18.2. The highest BCUT2D eigenvalue weighted by Crippen LogP contribution is 2.09. The molecule has 0 spiro atoms. The smallest absolute Gasteiger partial charge is 0.255 e. The SMILES string of the molecule is CCCNc1ccc(C(=O)N(C)Cc2cnn(C)c2)cn1. The highest BCUT2D eigenvalue weighted by atomic mass is 16.2. The minimum Gasteiger partial charge on any atom is -0.370 e. The Kier molecular flexibility index (Phi) is 4.92. The molecule has 0 unspecified atom stereocenters. The van der Waals surface area contributed by atoms with Crippen LogP contribution in [-0.2, 0) is 13.6 Å². The van der Waals surface area contributed by atoms with Gasteiger partial charge in [0.1, 0.15) is 5.82 Å². The van der Waals surface area contributed by atoms with E-state index in [-0.39, 0.29) is 5.91 Å². The molecule has 6 heteroatoms. The van der Waals surface area contributed by atoms with Crippen molar-refractivity contribution >= 4 is 11.7 Å². The number of carbonyl (C=O) groups excluding carboxylic acids is 1. The summed E-state index contributed by atoms with van der Waals surface area (Å²) >= 11 is 0. The van der Waals surface area contributed by atoms with E-state index in [0.717, 1.165) is 24.3 Å². The van der Waals surface area contributed by atoms with Crippen molar-refractivity contribution in [2.24, 2.45) is 7.05 Å². The van der Waals surface area contributed by atoms with Crippen molar-refractivity contribution in [3.63, 3.8) is 0 Å². The summed E-state index contributed by atoms with van der Waals surface area (Å²) in [5, 5.41) is 7.29. The topological polar surface area (TPSA) is 63.1 Å². The number of carbonyl (C=O) groups is 1. The maximum atomic E-state index is 12.3. The second-order valence-electron chi connectivity index (χ2n) is 5.04. The lowest BCUT2D eigenvalue weighted by Crippen LogP contribution is -2.26. The molecule has 0 saturated carbocycles. The molecule has 2 heterocycles. The zero-order valence-electron chi connectivity index (χ0n) is 12.7. The second-order valence-corrected chi connectivity index (χ2v) is 5.04. The third kappa shape index (κ3) is 4.05. The van der Waals surface area contributed by atoms with Crippen LogP contribution >= 0.6 is 0 Å². The van der Waals surface area contributed by atoms with E-state index in [1.807, 2.05) is 19.3 Å². The third-order valence-corrected chi connectivity index (χ3v) is 3.09. The maximum absolute atomic E-state index is 12.3. The molecule has 112 valence electrons. The predicted molar refractivity (Wildman–Crippen MR) is 82.0 cm³/mol. The summed E-state index contributed by atoms with van der Waals surface area (Å²) in [5.74, 6) is 0.747. The molecule has 1 N–H and O–H groups in total. The van der Waals surface area contributed by atoms with E-state index in [4.69, 9.17) is 0 Å². The van der Waals surface area contributed by atoms with Gasteiger partial charge in [0, 0.05) is 45.1 Å². The number of amides is 1. The molecular formula is C15H21N5O. The van der Waals surface area contributed by atoms with Crippen LogP contribution in [0.2, 0.25) is 0 Å². The third-order valence-electron chi connectivity index (χ3n) is 3.09. The number of anilines is 1. The number of aryl methyl sites for hydroxylation is 1. The molecule has 0 atom stereocenters. The average Bonchev–Trinajstić information content (AvgIpc) is 2.90. The molecule has 2 aromatic rings. The average molecular weight is 287 g/mol. The van der Waals surface area contributed by atoms with Crippen molar-refractivity contribution in [2.45, 2.75) is 19.9 Å². The van der Waals surface area contributed by atoms with Gasteiger partial charge in [0.25, 0.3) is 5.91 Å². The molecule has 0 aliphatic carbocycles. The summed E-state index contributed by atoms with van der Waals surface area (Å²) in [7, 11) is 3.63. The summed E-state index contributed by atoms with van der Waals surface area (Å²) in [5.41, 5.74) is 1.59. The Hall–Kier alpha value is -2.37. The number of pyridine rings is 1. The van der Waals surface area contributed by atoms with Crippen molar-refractivity contribution in [3.05, 3.63) is 41.9 Å². The lowest BCUT2D eigenvalue weighted by Gasteiger charge is -2.16. The zero-order chi connectivity index (χ0) is 15.2. The maximum Gasteiger partial charge on any atom is 0.255 e. The lowest BCUT2D eigenvalue weighted by molar-refractivity contribution is 0.0784. The van der Waals surface area contributed by atoms with E-state index < -0.39 is 0 Å². The van der Waals surface area contributed by atoms with Gasteiger partial charge in [-0.25, -0.2) is 4.98 Å². The quantitative estimate of drug-likeness (QED) is 0.881. The zero-order valence-corrected chi connectivity index (χ0v) is 12.7. The van der Waals surface area contributed by atoms with Crippen LogP contribution in [0.4, 0.5) is 5.82 Å². The fourth-order valence-electron chi connectivity index (χ4n) is 2.00. The Morgan fingerprint density at radius 3 is 2.76 bits per heavy atom. The van der Waals surface area contributed by atoms with Crippen LogP contribution in [0.25, 0.3) is 0 Å². The van der Waals surface area contributed by atoms with Gasteiger partial charge in [-0.3, -0.25) is 9.48 Å². The molecule has 0 fully saturated rings. The second kappa shape index (κ2) is 6.88. The fraction of sp³-hybridized carbons (Fsp3) is 0.400. The molecule has 0 saturated heterocycles. The van der Waals surface area contributed by atoms with Gasteiger partial charge in [0.05, 0.1) is 11.8 Å². The molecule has 0 aliphatic rings. The Bertz CT molecular complexity index is 590. The van der Waals surface area contributed by atoms with Crippen LogP contribution in [0, 0.1) is 0 Å². The number of nitrogens with zero attached hydrogens (tertiary/aromatic N) is 4. The molecule has 0 radical (unpaired) electrons. The molecule has 0 aromatic carbocycles. The van der Waals surface area contributed by atoms with Crippen molar-refractivity contribution in [1.29, 1.82) is 0 Å². The van der Waals surface area contributed by atoms with Crippen LogP contribution in [0.3, 0.4) is 0 Å². The van der Waals surface area contributed by atoms with E-state index in [9.17, 15) is 4.79 Å². The standard InChI is InChI=1S/C15H21N5O/c1-4-7-16-14-6-5-13(9-17-14)15(21)19(2)10-12-8-18-20(3)11-12/h5-6,8-9,11H,4,7,10H2,1-3H3,(H,16,17). The van der Waals surface area contributed by atoms with Crippen molar-refractivity contribution in [2.75, 3.05) is 18.9 Å². The number of rotatable bonds is 6. The molecule has 21 heavy (non-hydrogen) atoms. The Morgan fingerprint density at radius 1 is 1.38 bits per heavy atom. The largest absolute Gasteiger partial charge is 0.370 e. The van der Waals surface area contributed by atoms with Gasteiger partial charge >= 0.3 is 0 Å². The monoisotopic (exact) mass is 287 g/mol. The van der Waals surface area contributed by atoms with Crippen molar-refractivity contribution < 1.29 is 4.79 Å². The first-order valence-electron chi connectivity index (χ1n) is 7.03. The minimum absolute atomic E-state index is 0.0478. The summed E-state index contributed by atoms with van der Waals surface area (Å²) in [6.07, 6.45) is 6.32. The van der Waals surface area contributed by atoms with Gasteiger partial charge in [-0.2, -0.15) is 5.10 Å². The molecule has 2 aromatic heterocycles. The van der Waals surface area contributed by atoms with Gasteiger partial charge in [-0.05, 0) is 18.6 Å². The predicted octanol–water partition coefficient (Wildman–Crippen LogP) is 1.91. The van der Waals surface area contributed by atoms with Gasteiger partial charge < -0.3 is 10.2 Å². The molecule has 0 bridgehead atoms. The van der Waals surface area contributed by atoms with Gasteiger partial charge in [-0.15, -0.1) is 0 Å². The highest BCUT2D eigenvalue weighted by molar-refractivity contribution is 5.93. The lowest BCUT2D eigenvalue weighted by atomic mass is 10.2. The van der Waals surface area contributed by atoms with Crippen LogP contribution in [-0.4, -0.2) is 39.2 Å². The van der Waals surface area contributed by atoms with Gasteiger partial charge in [0.2, 0.25) is 0 Å². The summed E-state index contributed by atoms with van der Waals surface area (Å²) < 4.78 is 1.73. The first-order chi connectivity index (χ1) is 10.1. The molecule has 2 rings (SSSR count). The van der Waals surface area contributed by atoms with E-state index >= 15 is 0 Å².